The van der Waals surface area contributed by atoms with E-state index in [1.807, 2.05) is 12.1 Å². The highest BCUT2D eigenvalue weighted by Crippen LogP contribution is 2.19. The first-order chi connectivity index (χ1) is 16.3. The van der Waals surface area contributed by atoms with Crippen LogP contribution in [-0.2, 0) is 16.1 Å². The van der Waals surface area contributed by atoms with Gasteiger partial charge in [-0.1, -0.05) is 30.4 Å². The van der Waals surface area contributed by atoms with Crippen LogP contribution in [0, 0.1) is 11.8 Å². The van der Waals surface area contributed by atoms with Gasteiger partial charge in [-0.3, -0.25) is 19.6 Å². The average molecular weight is 463 g/mol. The Bertz CT molecular complexity index is 1080. The van der Waals surface area contributed by atoms with Crippen molar-refractivity contribution in [1.29, 1.82) is 0 Å². The van der Waals surface area contributed by atoms with Gasteiger partial charge in [0.05, 0.1) is 0 Å². The second-order valence-corrected chi connectivity index (χ2v) is 8.49. The molecule has 1 aliphatic rings. The number of hydrogen-bond donors (Lipinski definition) is 4. The molecule has 178 valence electrons. The van der Waals surface area contributed by atoms with Gasteiger partial charge in [0.1, 0.15) is 0 Å². The molecule has 0 spiro atoms. The Morgan fingerprint density at radius 3 is 2.03 bits per heavy atom. The molecule has 2 aromatic rings. The molecular weight excluding hydrogens is 432 g/mol. The van der Waals surface area contributed by atoms with E-state index >= 15 is 0 Å². The number of nitrogens with one attached hydrogen (secondary N) is 3. The molecule has 0 aromatic heterocycles. The van der Waals surface area contributed by atoms with E-state index in [1.165, 1.54) is 51.3 Å². The lowest BCUT2D eigenvalue weighted by atomic mass is 9.93. The lowest BCUT2D eigenvalue weighted by Crippen LogP contribution is -2.64. The Balaban J connectivity index is 1.66. The van der Waals surface area contributed by atoms with E-state index in [0.29, 0.717) is 6.04 Å². The summed E-state index contributed by atoms with van der Waals surface area (Å²) in [6.45, 7) is 2.12. The number of benzene rings is 2. The van der Waals surface area contributed by atoms with E-state index in [4.69, 9.17) is 5.21 Å². The number of carbonyl (C=O) groups excluding carboxylic acids is 3. The lowest BCUT2D eigenvalue weighted by Gasteiger charge is -2.34. The molecule has 1 aliphatic carbocycles. The number of rotatable bonds is 7. The van der Waals surface area contributed by atoms with Gasteiger partial charge in [-0.2, -0.15) is 0 Å². The molecule has 34 heavy (non-hydrogen) atoms. The molecule has 3 rings (SSSR count). The van der Waals surface area contributed by atoms with Gasteiger partial charge >= 0.3 is 0 Å². The van der Waals surface area contributed by atoms with Crippen LogP contribution in [0.15, 0.2) is 48.5 Å². The maximum absolute atomic E-state index is 12.9. The van der Waals surface area contributed by atoms with Crippen LogP contribution < -0.4 is 16.1 Å². The highest BCUT2D eigenvalue weighted by atomic mass is 16.5. The first-order valence-corrected chi connectivity index (χ1v) is 11.2. The minimum absolute atomic E-state index is 0.275. The Morgan fingerprint density at radius 2 is 1.56 bits per heavy atom. The van der Waals surface area contributed by atoms with Crippen molar-refractivity contribution in [3.63, 3.8) is 0 Å². The fourth-order valence-electron chi connectivity index (χ4n) is 3.58. The molecule has 3 amide bonds. The van der Waals surface area contributed by atoms with Crippen LogP contribution >= 0.6 is 0 Å². The molecule has 0 saturated heterocycles. The van der Waals surface area contributed by atoms with Gasteiger partial charge in [0.25, 0.3) is 17.7 Å². The van der Waals surface area contributed by atoms with E-state index in [2.05, 4.69) is 34.6 Å². The fraction of sp³-hybridized carbons (Fsp3) is 0.346. The predicted molar refractivity (Wildman–Crippen MR) is 128 cm³/mol. The number of amides is 3. The summed E-state index contributed by atoms with van der Waals surface area (Å²) in [5.41, 5.74) is 2.63. The normalized spacial score (nSPS) is 14.6. The molecule has 0 heterocycles. The van der Waals surface area contributed by atoms with Crippen LogP contribution in [0.3, 0.4) is 0 Å². The lowest BCUT2D eigenvalue weighted by molar-refractivity contribution is -0.148. The topological polar surface area (TPSA) is 111 Å². The van der Waals surface area contributed by atoms with Crippen LogP contribution in [0.4, 0.5) is 0 Å². The molecule has 1 fully saturated rings. The summed E-state index contributed by atoms with van der Waals surface area (Å²) in [7, 11) is 2.67. The largest absolute Gasteiger partial charge is 0.357 e. The summed E-state index contributed by atoms with van der Waals surface area (Å²) in [5.74, 6) is 3.89. The third-order valence-corrected chi connectivity index (χ3v) is 6.33. The SMILES string of the molecule is CNC(=O)[C@@](C)(C(=O)NO)N(C)C(=O)c1ccc(C#Cc2ccc(CNC3CCC3)cc2)cc1. The average Bonchev–Trinajstić information content (AvgIpc) is 2.85. The molecule has 0 bridgehead atoms. The zero-order valence-electron chi connectivity index (χ0n) is 19.6. The fourth-order valence-corrected chi connectivity index (χ4v) is 3.58. The monoisotopic (exact) mass is 462 g/mol. The molecule has 1 saturated carbocycles. The Labute approximate surface area is 199 Å². The van der Waals surface area contributed by atoms with E-state index in [-0.39, 0.29) is 5.56 Å². The van der Waals surface area contributed by atoms with Crippen molar-refractivity contribution in [3.8, 4) is 11.8 Å². The van der Waals surface area contributed by atoms with Crippen molar-refractivity contribution in [2.24, 2.45) is 0 Å². The van der Waals surface area contributed by atoms with Crippen LogP contribution in [0.5, 0.6) is 0 Å². The third kappa shape index (κ3) is 5.45. The molecule has 2 aromatic carbocycles. The van der Waals surface area contributed by atoms with Crippen molar-refractivity contribution in [2.45, 2.75) is 44.3 Å². The summed E-state index contributed by atoms with van der Waals surface area (Å²) in [6.07, 6.45) is 3.83. The van der Waals surface area contributed by atoms with Crippen molar-refractivity contribution in [2.75, 3.05) is 14.1 Å². The van der Waals surface area contributed by atoms with Crippen LogP contribution in [0.2, 0.25) is 0 Å². The molecule has 0 radical (unpaired) electrons. The second kappa shape index (κ2) is 11.0. The van der Waals surface area contributed by atoms with Crippen LogP contribution in [0.25, 0.3) is 0 Å². The molecule has 0 aliphatic heterocycles. The molecule has 0 unspecified atom stereocenters. The third-order valence-electron chi connectivity index (χ3n) is 6.33. The van der Waals surface area contributed by atoms with Crippen molar-refractivity contribution in [3.05, 3.63) is 70.8 Å². The summed E-state index contributed by atoms with van der Waals surface area (Å²) in [6, 6.07) is 15.3. The number of likely N-dealkylation sites (N-methyl/N-ethyl adjacent to an activating group) is 2. The van der Waals surface area contributed by atoms with E-state index in [0.717, 1.165) is 22.6 Å². The maximum atomic E-state index is 12.9. The second-order valence-electron chi connectivity index (χ2n) is 8.49. The Morgan fingerprint density at radius 1 is 1.00 bits per heavy atom. The van der Waals surface area contributed by atoms with Gasteiger partial charge in [0.2, 0.25) is 0 Å². The molecule has 1 atom stereocenters. The Kier molecular flexibility index (Phi) is 8.05. The minimum Gasteiger partial charge on any atom is -0.357 e. The summed E-state index contributed by atoms with van der Waals surface area (Å²) in [4.78, 5) is 38.3. The van der Waals surface area contributed by atoms with Crippen LogP contribution in [0.1, 0.15) is 53.2 Å². The van der Waals surface area contributed by atoms with Gasteiger partial charge in [-0.05, 0) is 61.7 Å². The zero-order valence-corrected chi connectivity index (χ0v) is 19.6. The van der Waals surface area contributed by atoms with Crippen LogP contribution in [-0.4, -0.2) is 53.5 Å². The summed E-state index contributed by atoms with van der Waals surface area (Å²) >= 11 is 0. The molecule has 4 N–H and O–H groups in total. The van der Waals surface area contributed by atoms with E-state index < -0.39 is 23.3 Å². The number of carbonyl (C=O) groups is 3. The summed E-state index contributed by atoms with van der Waals surface area (Å²) < 4.78 is 0. The van der Waals surface area contributed by atoms with Crippen molar-refractivity contribution < 1.29 is 19.6 Å². The predicted octanol–water partition coefficient (Wildman–Crippen LogP) is 1.81. The smallest absolute Gasteiger partial charge is 0.278 e. The van der Waals surface area contributed by atoms with Gasteiger partial charge in [-0.25, -0.2) is 5.48 Å². The van der Waals surface area contributed by atoms with Crippen molar-refractivity contribution >= 4 is 17.7 Å². The zero-order chi connectivity index (χ0) is 24.7. The highest BCUT2D eigenvalue weighted by Gasteiger charge is 2.47. The molecule has 8 heteroatoms. The number of hydroxylamine groups is 1. The van der Waals surface area contributed by atoms with Gasteiger partial charge in [-0.15, -0.1) is 0 Å². The van der Waals surface area contributed by atoms with Gasteiger partial charge in [0, 0.05) is 43.4 Å². The molecule has 8 nitrogen and oxygen atoms in total. The maximum Gasteiger partial charge on any atom is 0.278 e. The van der Waals surface area contributed by atoms with Gasteiger partial charge < -0.3 is 15.5 Å². The van der Waals surface area contributed by atoms with Gasteiger partial charge in [0.15, 0.2) is 5.54 Å². The van der Waals surface area contributed by atoms with Crippen molar-refractivity contribution in [1.82, 2.24) is 21.0 Å². The number of nitrogens with zero attached hydrogens (tertiary/aromatic N) is 1. The first-order valence-electron chi connectivity index (χ1n) is 11.2. The summed E-state index contributed by atoms with van der Waals surface area (Å²) in [5, 5.41) is 14.9. The van der Waals surface area contributed by atoms with E-state index in [9.17, 15) is 14.4 Å². The quantitative estimate of drug-likeness (QED) is 0.217. The highest BCUT2D eigenvalue weighted by molar-refractivity contribution is 6.12. The molecular formula is C26H30N4O4. The minimum atomic E-state index is -1.93. The Hall–Kier alpha value is -3.67. The van der Waals surface area contributed by atoms with E-state index in [1.54, 1.807) is 24.3 Å². The standard InChI is InChI=1S/C26H30N4O4/c1-26(24(32)27-2,25(33)29-34)30(3)23(31)21-15-13-19(14-16-21)8-7-18-9-11-20(12-10-18)17-28-22-5-4-6-22/h9-16,22,28,34H,4-6,17H2,1-3H3,(H,27,32)(H,29,33)/t26-/m0/s1. The first kappa shape index (κ1) is 25.0. The number of hydrogen-bond acceptors (Lipinski definition) is 5.